The summed E-state index contributed by atoms with van der Waals surface area (Å²) in [5.41, 5.74) is 9.44. The molecule has 3 aromatic rings. The first-order valence-electron chi connectivity index (χ1n) is 11.6. The highest BCUT2D eigenvalue weighted by atomic mass is 16.5. The predicted octanol–water partition coefficient (Wildman–Crippen LogP) is 7.62. The maximum absolute atomic E-state index is 12.9. The lowest BCUT2D eigenvalue weighted by Gasteiger charge is -2.24. The van der Waals surface area contributed by atoms with Crippen LogP contribution in [0.4, 0.5) is 0 Å². The van der Waals surface area contributed by atoms with Gasteiger partial charge in [0.25, 0.3) is 0 Å². The van der Waals surface area contributed by atoms with Gasteiger partial charge < -0.3 is 4.74 Å². The molecular formula is C30H34O2. The Hall–Kier alpha value is -2.87. The molecule has 0 aliphatic heterocycles. The molecule has 0 saturated carbocycles. The number of fused-ring (bicyclic) bond motifs is 3. The molecule has 4 rings (SSSR count). The molecule has 0 bridgehead atoms. The Morgan fingerprint density at radius 3 is 1.72 bits per heavy atom. The lowest BCUT2D eigenvalue weighted by molar-refractivity contribution is 0.0525. The van der Waals surface area contributed by atoms with E-state index >= 15 is 0 Å². The molecule has 0 atom stereocenters. The number of carbonyl (C=O) groups excluding carboxylic acids is 1. The van der Waals surface area contributed by atoms with Gasteiger partial charge in [0.2, 0.25) is 0 Å². The number of carbonyl (C=O) groups is 1. The quantitative estimate of drug-likeness (QED) is 0.315. The van der Waals surface area contributed by atoms with Crippen LogP contribution in [0, 0.1) is 0 Å². The number of benzene rings is 3. The van der Waals surface area contributed by atoms with Gasteiger partial charge in [-0.1, -0.05) is 96.1 Å². The molecule has 0 aromatic heterocycles. The van der Waals surface area contributed by atoms with E-state index in [4.69, 9.17) is 4.74 Å². The van der Waals surface area contributed by atoms with Gasteiger partial charge in [-0.15, -0.1) is 0 Å². The van der Waals surface area contributed by atoms with E-state index < -0.39 is 0 Å². The summed E-state index contributed by atoms with van der Waals surface area (Å²) in [5.74, 6) is -0.248. The second kappa shape index (κ2) is 7.92. The van der Waals surface area contributed by atoms with Crippen LogP contribution in [-0.4, -0.2) is 12.6 Å². The van der Waals surface area contributed by atoms with Gasteiger partial charge in [0.1, 0.15) is 0 Å². The van der Waals surface area contributed by atoms with Gasteiger partial charge in [-0.3, -0.25) is 0 Å². The van der Waals surface area contributed by atoms with E-state index in [2.05, 4.69) is 84.0 Å². The normalized spacial score (nSPS) is 13.6. The highest BCUT2D eigenvalue weighted by molar-refractivity contribution is 5.93. The second-order valence-corrected chi connectivity index (χ2v) is 10.8. The first-order chi connectivity index (χ1) is 15.0. The van der Waals surface area contributed by atoms with Gasteiger partial charge in [-0.2, -0.15) is 0 Å². The predicted molar refractivity (Wildman–Crippen MR) is 133 cm³/mol. The molecule has 0 spiro atoms. The Morgan fingerprint density at radius 2 is 1.25 bits per heavy atom. The fraction of sp³-hybridized carbons (Fsp3) is 0.367. The summed E-state index contributed by atoms with van der Waals surface area (Å²) in [4.78, 5) is 12.9. The van der Waals surface area contributed by atoms with Crippen molar-refractivity contribution in [3.8, 4) is 11.1 Å². The Balaban J connectivity index is 2.00. The van der Waals surface area contributed by atoms with Crippen LogP contribution in [-0.2, 0) is 15.6 Å². The van der Waals surface area contributed by atoms with Crippen LogP contribution in [0.1, 0.15) is 92.6 Å². The van der Waals surface area contributed by atoms with E-state index in [0.29, 0.717) is 12.2 Å². The number of hydrogen-bond acceptors (Lipinski definition) is 2. The molecule has 166 valence electrons. The highest BCUT2D eigenvalue weighted by Gasteiger charge is 2.34. The molecule has 2 heteroatoms. The van der Waals surface area contributed by atoms with Crippen molar-refractivity contribution in [2.24, 2.45) is 0 Å². The summed E-state index contributed by atoms with van der Waals surface area (Å²) in [6, 6.07) is 21.6. The second-order valence-electron chi connectivity index (χ2n) is 10.8. The summed E-state index contributed by atoms with van der Waals surface area (Å²) in [6.45, 7) is 15.7. The zero-order valence-electron chi connectivity index (χ0n) is 20.4. The topological polar surface area (TPSA) is 26.3 Å². The Labute approximate surface area is 192 Å². The Morgan fingerprint density at radius 1 is 0.750 bits per heavy atom. The lowest BCUT2D eigenvalue weighted by Crippen LogP contribution is -2.14. The smallest absolute Gasteiger partial charge is 0.338 e. The molecule has 0 heterocycles. The monoisotopic (exact) mass is 426 g/mol. The number of esters is 1. The van der Waals surface area contributed by atoms with Crippen molar-refractivity contribution in [3.63, 3.8) is 0 Å². The van der Waals surface area contributed by atoms with Crippen LogP contribution in [0.15, 0.2) is 60.7 Å². The fourth-order valence-electron chi connectivity index (χ4n) is 4.67. The summed E-state index contributed by atoms with van der Waals surface area (Å²) in [6.07, 6.45) is 0. The van der Waals surface area contributed by atoms with E-state index in [9.17, 15) is 4.79 Å². The van der Waals surface area contributed by atoms with Gasteiger partial charge in [0.15, 0.2) is 0 Å². The maximum atomic E-state index is 12.9. The summed E-state index contributed by atoms with van der Waals surface area (Å²) >= 11 is 0. The van der Waals surface area contributed by atoms with Crippen molar-refractivity contribution >= 4 is 5.97 Å². The molecule has 2 nitrogen and oxygen atoms in total. The molecular weight excluding hydrogens is 392 g/mol. The third kappa shape index (κ3) is 3.88. The molecule has 1 aliphatic rings. The minimum absolute atomic E-state index is 0.00482. The molecule has 32 heavy (non-hydrogen) atoms. The van der Waals surface area contributed by atoms with Gasteiger partial charge in [-0.25, -0.2) is 4.79 Å². The van der Waals surface area contributed by atoms with E-state index in [0.717, 1.165) is 5.56 Å². The SMILES string of the molecule is CCOC(=O)c1ccccc1C1c2cc(C(C)(C)C)ccc2-c2ccc(C(C)(C)C)cc21. The van der Waals surface area contributed by atoms with Crippen LogP contribution in [0.3, 0.4) is 0 Å². The number of hydrogen-bond donors (Lipinski definition) is 0. The number of rotatable bonds is 3. The minimum Gasteiger partial charge on any atom is -0.462 e. The van der Waals surface area contributed by atoms with Crippen LogP contribution in [0.2, 0.25) is 0 Å². The van der Waals surface area contributed by atoms with E-state index in [1.54, 1.807) is 0 Å². The van der Waals surface area contributed by atoms with Crippen molar-refractivity contribution in [2.45, 2.75) is 65.2 Å². The maximum Gasteiger partial charge on any atom is 0.338 e. The molecule has 0 N–H and O–H groups in total. The molecule has 0 saturated heterocycles. The Bertz CT molecular complexity index is 1110. The van der Waals surface area contributed by atoms with Crippen molar-refractivity contribution < 1.29 is 9.53 Å². The number of ether oxygens (including phenoxy) is 1. The molecule has 0 fully saturated rings. The van der Waals surface area contributed by atoms with Gasteiger partial charge in [-0.05, 0) is 62.8 Å². The van der Waals surface area contributed by atoms with Crippen LogP contribution < -0.4 is 0 Å². The van der Waals surface area contributed by atoms with Crippen LogP contribution in [0.5, 0.6) is 0 Å². The standard InChI is InChI=1S/C30H34O2/c1-8-32-28(31)24-12-10-9-11-23(24)27-25-17-19(29(2,3)4)13-15-21(25)22-16-14-20(18-26(22)27)30(5,6)7/h9-18,27H,8H2,1-7H3. The van der Waals surface area contributed by atoms with Crippen LogP contribution >= 0.6 is 0 Å². The summed E-state index contributed by atoms with van der Waals surface area (Å²) in [7, 11) is 0. The van der Waals surface area contributed by atoms with Crippen molar-refractivity contribution in [3.05, 3.63) is 94.0 Å². The fourth-order valence-corrected chi connectivity index (χ4v) is 4.67. The third-order valence-electron chi connectivity index (χ3n) is 6.51. The van der Waals surface area contributed by atoms with Crippen molar-refractivity contribution in [1.82, 2.24) is 0 Å². The summed E-state index contributed by atoms with van der Waals surface area (Å²) < 4.78 is 5.42. The average molecular weight is 427 g/mol. The first kappa shape index (κ1) is 22.3. The Kier molecular flexibility index (Phi) is 5.53. The van der Waals surface area contributed by atoms with Gasteiger partial charge in [0, 0.05) is 5.92 Å². The van der Waals surface area contributed by atoms with Gasteiger partial charge in [0.05, 0.1) is 12.2 Å². The minimum atomic E-state index is -0.253. The molecule has 0 radical (unpaired) electrons. The molecule has 1 aliphatic carbocycles. The molecule has 3 aromatic carbocycles. The van der Waals surface area contributed by atoms with Crippen LogP contribution in [0.25, 0.3) is 11.1 Å². The third-order valence-corrected chi connectivity index (χ3v) is 6.51. The summed E-state index contributed by atoms with van der Waals surface area (Å²) in [5, 5.41) is 0. The van der Waals surface area contributed by atoms with E-state index in [1.807, 2.05) is 25.1 Å². The lowest BCUT2D eigenvalue weighted by atomic mass is 9.80. The largest absolute Gasteiger partial charge is 0.462 e. The average Bonchev–Trinajstić information content (AvgIpc) is 3.05. The van der Waals surface area contributed by atoms with Crippen molar-refractivity contribution in [1.29, 1.82) is 0 Å². The van der Waals surface area contributed by atoms with E-state index in [-0.39, 0.29) is 22.7 Å². The zero-order valence-corrected chi connectivity index (χ0v) is 20.4. The highest BCUT2D eigenvalue weighted by Crippen LogP contribution is 2.50. The van der Waals surface area contributed by atoms with E-state index in [1.165, 1.54) is 33.4 Å². The first-order valence-corrected chi connectivity index (χ1v) is 11.6. The zero-order chi connectivity index (χ0) is 23.3. The molecule has 0 unspecified atom stereocenters. The molecule has 0 amide bonds. The van der Waals surface area contributed by atoms with Crippen molar-refractivity contribution in [2.75, 3.05) is 6.61 Å². The van der Waals surface area contributed by atoms with Gasteiger partial charge >= 0.3 is 5.97 Å².